The molecule has 0 unspecified atom stereocenters. The number of hydrogen-bond donors (Lipinski definition) is 1. The van der Waals surface area contributed by atoms with Crippen molar-refractivity contribution in [3.8, 4) is 0 Å². The van der Waals surface area contributed by atoms with Crippen LogP contribution in [-0.2, 0) is 11.2 Å². The highest BCUT2D eigenvalue weighted by Crippen LogP contribution is 2.21. The Bertz CT molecular complexity index is 419. The first-order chi connectivity index (χ1) is 9.19. The predicted octanol–water partition coefficient (Wildman–Crippen LogP) is 1.96. The zero-order chi connectivity index (χ0) is 13.7. The van der Waals surface area contributed by atoms with E-state index in [1.54, 1.807) is 0 Å². The van der Waals surface area contributed by atoms with Crippen LogP contribution in [0.5, 0.6) is 0 Å². The first kappa shape index (κ1) is 14.0. The third-order valence-electron chi connectivity index (χ3n) is 3.80. The largest absolute Gasteiger partial charge is 0.341 e. The second-order valence-corrected chi connectivity index (χ2v) is 5.22. The van der Waals surface area contributed by atoms with Crippen molar-refractivity contribution in [2.45, 2.75) is 25.7 Å². The lowest BCUT2D eigenvalue weighted by Gasteiger charge is -2.32. The monoisotopic (exact) mass is 264 g/mol. The molecule has 0 aliphatic carbocycles. The van der Waals surface area contributed by atoms with E-state index in [0.29, 0.717) is 5.92 Å². The summed E-state index contributed by atoms with van der Waals surface area (Å²) in [6.07, 6.45) is 4.20. The van der Waals surface area contributed by atoms with Gasteiger partial charge in [0.2, 0.25) is 5.91 Å². The van der Waals surface area contributed by atoms with Gasteiger partial charge in [-0.3, -0.25) is 4.79 Å². The fourth-order valence-electron chi connectivity index (χ4n) is 2.68. The Kier molecular flexibility index (Phi) is 4.91. The molecule has 1 fully saturated rings. The number of carbonyl (C=O) groups excluding carboxylic acids is 1. The number of benzene rings is 1. The molecular weight excluding hydrogens is 243 g/mol. The number of hydrogen-bond acceptors (Lipinski definition) is 2. The molecule has 1 amide bonds. The molecule has 2 N–H and O–H groups in total. The predicted molar refractivity (Wildman–Crippen MR) is 73.1 cm³/mol. The van der Waals surface area contributed by atoms with E-state index in [-0.39, 0.29) is 18.3 Å². The summed E-state index contributed by atoms with van der Waals surface area (Å²) < 4.78 is 12.8. The average Bonchev–Trinajstić information content (AvgIpc) is 2.46. The van der Waals surface area contributed by atoms with Crippen LogP contribution in [0.2, 0.25) is 0 Å². The van der Waals surface area contributed by atoms with E-state index in [1.165, 1.54) is 12.1 Å². The molecule has 0 saturated carbocycles. The summed E-state index contributed by atoms with van der Waals surface area (Å²) in [6, 6.07) is 6.67. The lowest BCUT2D eigenvalue weighted by atomic mass is 9.91. The maximum absolute atomic E-state index is 12.8. The number of halogens is 1. The summed E-state index contributed by atoms with van der Waals surface area (Å²) in [4.78, 5) is 13.5. The van der Waals surface area contributed by atoms with Gasteiger partial charge in [0.15, 0.2) is 0 Å². The van der Waals surface area contributed by atoms with E-state index in [4.69, 9.17) is 5.73 Å². The lowest BCUT2D eigenvalue weighted by Crippen LogP contribution is -2.42. The van der Waals surface area contributed by atoms with Gasteiger partial charge in [-0.05, 0) is 49.3 Å². The molecule has 1 aliphatic heterocycles. The molecule has 2 rings (SSSR count). The molecule has 0 aromatic heterocycles. The maximum atomic E-state index is 12.8. The Morgan fingerprint density at radius 1 is 1.37 bits per heavy atom. The van der Waals surface area contributed by atoms with Gasteiger partial charge in [0.25, 0.3) is 0 Å². The van der Waals surface area contributed by atoms with Crippen molar-refractivity contribution < 1.29 is 9.18 Å². The van der Waals surface area contributed by atoms with Crippen molar-refractivity contribution >= 4 is 5.91 Å². The van der Waals surface area contributed by atoms with Crippen LogP contribution in [-0.4, -0.2) is 30.4 Å². The molecule has 1 heterocycles. The van der Waals surface area contributed by atoms with Gasteiger partial charge in [-0.15, -0.1) is 0 Å². The van der Waals surface area contributed by atoms with Gasteiger partial charge in [0.05, 0.1) is 6.54 Å². The fourth-order valence-corrected chi connectivity index (χ4v) is 2.68. The van der Waals surface area contributed by atoms with E-state index in [9.17, 15) is 9.18 Å². The van der Waals surface area contributed by atoms with Gasteiger partial charge >= 0.3 is 0 Å². The minimum absolute atomic E-state index is 0.0477. The molecule has 1 aromatic carbocycles. The van der Waals surface area contributed by atoms with Gasteiger partial charge in [0, 0.05) is 13.1 Å². The second kappa shape index (κ2) is 6.66. The summed E-state index contributed by atoms with van der Waals surface area (Å²) >= 11 is 0. The number of likely N-dealkylation sites (tertiary alicyclic amines) is 1. The molecule has 0 radical (unpaired) electrons. The first-order valence-corrected chi connectivity index (χ1v) is 6.91. The number of nitrogens with zero attached hydrogens (tertiary/aromatic N) is 1. The first-order valence-electron chi connectivity index (χ1n) is 6.91. The number of amides is 1. The standard InChI is InChI=1S/C15H21FN2O/c16-14-7-5-12(6-8-14)3-4-13-2-1-9-18(11-13)15(19)10-17/h5-8,13H,1-4,9-11,17H2/t13-/m0/s1. The van der Waals surface area contributed by atoms with E-state index in [1.807, 2.05) is 17.0 Å². The van der Waals surface area contributed by atoms with Gasteiger partial charge < -0.3 is 10.6 Å². The van der Waals surface area contributed by atoms with Crippen LogP contribution in [0.1, 0.15) is 24.8 Å². The van der Waals surface area contributed by atoms with Crippen LogP contribution in [0.15, 0.2) is 24.3 Å². The number of piperidine rings is 1. The number of carbonyl (C=O) groups is 1. The maximum Gasteiger partial charge on any atom is 0.236 e. The minimum atomic E-state index is -0.193. The Morgan fingerprint density at radius 3 is 2.79 bits per heavy atom. The topological polar surface area (TPSA) is 46.3 Å². The summed E-state index contributed by atoms with van der Waals surface area (Å²) in [5, 5.41) is 0. The van der Waals surface area contributed by atoms with Crippen molar-refractivity contribution in [1.29, 1.82) is 0 Å². The fraction of sp³-hybridized carbons (Fsp3) is 0.533. The van der Waals surface area contributed by atoms with Crippen LogP contribution in [0.3, 0.4) is 0 Å². The summed E-state index contributed by atoms with van der Waals surface area (Å²) in [7, 11) is 0. The molecule has 0 bridgehead atoms. The van der Waals surface area contributed by atoms with E-state index >= 15 is 0 Å². The molecule has 19 heavy (non-hydrogen) atoms. The smallest absolute Gasteiger partial charge is 0.236 e. The third-order valence-corrected chi connectivity index (χ3v) is 3.80. The number of aryl methyl sites for hydroxylation is 1. The van der Waals surface area contributed by atoms with Crippen molar-refractivity contribution in [1.82, 2.24) is 4.90 Å². The van der Waals surface area contributed by atoms with Crippen molar-refractivity contribution in [2.75, 3.05) is 19.6 Å². The number of rotatable bonds is 4. The highest BCUT2D eigenvalue weighted by molar-refractivity contribution is 5.78. The Hall–Kier alpha value is -1.42. The normalized spacial score (nSPS) is 19.5. The van der Waals surface area contributed by atoms with Crippen molar-refractivity contribution in [2.24, 2.45) is 11.7 Å². The zero-order valence-electron chi connectivity index (χ0n) is 11.1. The Balaban J connectivity index is 1.82. The quantitative estimate of drug-likeness (QED) is 0.903. The van der Waals surface area contributed by atoms with E-state index in [2.05, 4.69) is 0 Å². The van der Waals surface area contributed by atoms with Crippen molar-refractivity contribution in [3.05, 3.63) is 35.6 Å². The van der Waals surface area contributed by atoms with Crippen LogP contribution >= 0.6 is 0 Å². The van der Waals surface area contributed by atoms with Gasteiger partial charge in [-0.2, -0.15) is 0 Å². The SMILES string of the molecule is NCC(=O)N1CCC[C@@H](CCc2ccc(F)cc2)C1. The van der Waals surface area contributed by atoms with Gasteiger partial charge in [-0.25, -0.2) is 4.39 Å². The number of nitrogens with two attached hydrogens (primary N) is 1. The van der Waals surface area contributed by atoms with E-state index in [0.717, 1.165) is 44.3 Å². The van der Waals surface area contributed by atoms with E-state index < -0.39 is 0 Å². The van der Waals surface area contributed by atoms with Crippen LogP contribution in [0, 0.1) is 11.7 Å². The van der Waals surface area contributed by atoms with Crippen molar-refractivity contribution in [3.63, 3.8) is 0 Å². The molecule has 1 aromatic rings. The van der Waals surface area contributed by atoms with Crippen LogP contribution in [0.25, 0.3) is 0 Å². The summed E-state index contributed by atoms with van der Waals surface area (Å²) in [5.41, 5.74) is 6.56. The molecule has 104 valence electrons. The second-order valence-electron chi connectivity index (χ2n) is 5.22. The molecule has 1 saturated heterocycles. The Morgan fingerprint density at radius 2 is 2.11 bits per heavy atom. The molecular formula is C15H21FN2O. The summed E-state index contributed by atoms with van der Waals surface area (Å²) in [6.45, 7) is 1.75. The highest BCUT2D eigenvalue weighted by atomic mass is 19.1. The zero-order valence-corrected chi connectivity index (χ0v) is 11.1. The lowest BCUT2D eigenvalue weighted by molar-refractivity contribution is -0.131. The highest BCUT2D eigenvalue weighted by Gasteiger charge is 2.22. The van der Waals surface area contributed by atoms with Crippen LogP contribution in [0.4, 0.5) is 4.39 Å². The summed E-state index contributed by atoms with van der Waals surface area (Å²) in [5.74, 6) is 0.391. The minimum Gasteiger partial charge on any atom is -0.341 e. The van der Waals surface area contributed by atoms with Crippen LogP contribution < -0.4 is 5.73 Å². The Labute approximate surface area is 113 Å². The third kappa shape index (κ3) is 4.03. The van der Waals surface area contributed by atoms with Gasteiger partial charge in [0.1, 0.15) is 5.82 Å². The molecule has 1 aliphatic rings. The van der Waals surface area contributed by atoms with Gasteiger partial charge in [-0.1, -0.05) is 12.1 Å². The molecule has 3 nitrogen and oxygen atoms in total. The molecule has 1 atom stereocenters. The molecule has 0 spiro atoms. The molecule has 4 heteroatoms. The average molecular weight is 264 g/mol.